The predicted molar refractivity (Wildman–Crippen MR) is 130 cm³/mol. The van der Waals surface area contributed by atoms with Crippen molar-refractivity contribution in [1.29, 1.82) is 0 Å². The van der Waals surface area contributed by atoms with Crippen LogP contribution >= 0.6 is 0 Å². The first-order valence-corrected chi connectivity index (χ1v) is 11.9. The average molecular weight is 542 g/mol. The van der Waals surface area contributed by atoms with Crippen LogP contribution in [0.5, 0.6) is 11.8 Å². The maximum absolute atomic E-state index is 14.9. The van der Waals surface area contributed by atoms with Crippen LogP contribution in [-0.4, -0.2) is 42.4 Å². The van der Waals surface area contributed by atoms with Gasteiger partial charge < -0.3 is 14.0 Å². The summed E-state index contributed by atoms with van der Waals surface area (Å²) in [4.78, 5) is 33.1. The quantitative estimate of drug-likeness (QED) is 0.222. The molecule has 4 aromatic rings. The third-order valence-corrected chi connectivity index (χ3v) is 6.11. The molecule has 3 heterocycles. The van der Waals surface area contributed by atoms with E-state index in [0.29, 0.717) is 16.8 Å². The van der Waals surface area contributed by atoms with Crippen molar-refractivity contribution in [2.45, 2.75) is 38.5 Å². The molecule has 0 unspecified atom stereocenters. The van der Waals surface area contributed by atoms with Crippen LogP contribution < -0.4 is 9.47 Å². The molecular formula is C26H22F4N6O3. The van der Waals surface area contributed by atoms with Crippen molar-refractivity contribution in [3.05, 3.63) is 65.3 Å². The van der Waals surface area contributed by atoms with Gasteiger partial charge in [-0.1, -0.05) is 6.07 Å². The number of hydrogen-bond acceptors (Lipinski definition) is 8. The summed E-state index contributed by atoms with van der Waals surface area (Å²) in [5.41, 5.74) is 0.458. The molecule has 0 amide bonds. The topological polar surface area (TPSA) is 105 Å². The van der Waals surface area contributed by atoms with E-state index in [2.05, 4.69) is 24.9 Å². The second-order valence-electron chi connectivity index (χ2n) is 9.05. The van der Waals surface area contributed by atoms with Crippen LogP contribution in [0, 0.1) is 5.82 Å². The molecular weight excluding hydrogens is 520 g/mol. The lowest BCUT2D eigenvalue weighted by molar-refractivity contribution is -0.140. The number of Topliss-reactive ketones (excluding diaryl/α,β-unsaturated/α-hetero) is 1. The van der Waals surface area contributed by atoms with Crippen LogP contribution in [-0.2, 0) is 19.8 Å². The molecule has 1 fully saturated rings. The highest BCUT2D eigenvalue weighted by Gasteiger charge is 2.35. The number of ketones is 1. The molecule has 0 aliphatic heterocycles. The van der Waals surface area contributed by atoms with Crippen molar-refractivity contribution in [3.8, 4) is 34.5 Å². The number of imidazole rings is 1. The first-order valence-electron chi connectivity index (χ1n) is 11.9. The minimum absolute atomic E-state index is 0.0567. The zero-order chi connectivity index (χ0) is 27.9. The molecule has 5 rings (SSSR count). The monoisotopic (exact) mass is 542 g/mol. The number of alkyl halides is 3. The van der Waals surface area contributed by atoms with E-state index in [4.69, 9.17) is 9.47 Å². The second kappa shape index (κ2) is 10.0. The molecule has 0 bridgehead atoms. The third-order valence-electron chi connectivity index (χ3n) is 6.11. The van der Waals surface area contributed by atoms with Gasteiger partial charge in [-0.25, -0.2) is 24.3 Å². The Morgan fingerprint density at radius 1 is 1.13 bits per heavy atom. The molecule has 0 N–H and O–H groups in total. The summed E-state index contributed by atoms with van der Waals surface area (Å²) >= 11 is 0. The number of hydrogen-bond donors (Lipinski definition) is 0. The van der Waals surface area contributed by atoms with Crippen molar-refractivity contribution >= 4 is 5.78 Å². The zero-order valence-electron chi connectivity index (χ0n) is 21.1. The SMILES string of the molecule is COc1ncnc(C2CC2)c1-c1nc(OCc2ccc(-c3nc(C(F)(F)F)cn3C)c(F)c2)cc(C(C)=O)n1. The van der Waals surface area contributed by atoms with Gasteiger partial charge in [0, 0.05) is 32.2 Å². The molecule has 0 saturated heterocycles. The first-order chi connectivity index (χ1) is 18.5. The molecule has 1 aliphatic carbocycles. The summed E-state index contributed by atoms with van der Waals surface area (Å²) in [5, 5.41) is 0. The van der Waals surface area contributed by atoms with Crippen LogP contribution in [0.2, 0.25) is 0 Å². The molecule has 13 heteroatoms. The Kier molecular flexibility index (Phi) is 6.74. The minimum atomic E-state index is -4.65. The van der Waals surface area contributed by atoms with E-state index in [1.165, 1.54) is 45.6 Å². The molecule has 9 nitrogen and oxygen atoms in total. The first kappa shape index (κ1) is 26.2. The predicted octanol–water partition coefficient (Wildman–Crippen LogP) is 5.16. The maximum atomic E-state index is 14.9. The molecule has 0 radical (unpaired) electrons. The Morgan fingerprint density at radius 2 is 1.90 bits per heavy atom. The van der Waals surface area contributed by atoms with Crippen LogP contribution in [0.3, 0.4) is 0 Å². The largest absolute Gasteiger partial charge is 0.480 e. The second-order valence-corrected chi connectivity index (χ2v) is 9.05. The third kappa shape index (κ3) is 5.42. The molecule has 1 aliphatic rings. The van der Waals surface area contributed by atoms with E-state index >= 15 is 0 Å². The summed E-state index contributed by atoms with van der Waals surface area (Å²) in [6.07, 6.45) is -0.562. The Morgan fingerprint density at radius 3 is 2.51 bits per heavy atom. The highest BCUT2D eigenvalue weighted by molar-refractivity contribution is 5.93. The minimum Gasteiger partial charge on any atom is -0.480 e. The van der Waals surface area contributed by atoms with E-state index in [9.17, 15) is 22.4 Å². The molecule has 3 aromatic heterocycles. The lowest BCUT2D eigenvalue weighted by atomic mass is 10.1. The Hall–Kier alpha value is -4.42. The van der Waals surface area contributed by atoms with Crippen LogP contribution in [0.15, 0.2) is 36.8 Å². The number of rotatable bonds is 8. The fourth-order valence-corrected chi connectivity index (χ4v) is 4.04. The summed E-state index contributed by atoms with van der Waals surface area (Å²) in [5.74, 6) is -0.570. The number of methoxy groups -OCH3 is 1. The molecule has 1 aromatic carbocycles. The van der Waals surface area contributed by atoms with Gasteiger partial charge in [0.05, 0.1) is 18.4 Å². The van der Waals surface area contributed by atoms with E-state index < -0.39 is 17.7 Å². The van der Waals surface area contributed by atoms with Crippen molar-refractivity contribution in [2.24, 2.45) is 7.05 Å². The van der Waals surface area contributed by atoms with Gasteiger partial charge in [0.25, 0.3) is 0 Å². The Labute approximate surface area is 219 Å². The fourth-order valence-electron chi connectivity index (χ4n) is 4.04. The number of halogens is 4. The summed E-state index contributed by atoms with van der Waals surface area (Å²) in [6.45, 7) is 1.21. The van der Waals surface area contributed by atoms with Crippen LogP contribution in [0.1, 0.15) is 53.1 Å². The highest BCUT2D eigenvalue weighted by atomic mass is 19.4. The van der Waals surface area contributed by atoms with E-state index in [1.54, 1.807) is 0 Å². The summed E-state index contributed by atoms with van der Waals surface area (Å²) < 4.78 is 66.3. The van der Waals surface area contributed by atoms with Crippen molar-refractivity contribution < 1.29 is 31.8 Å². The lowest BCUT2D eigenvalue weighted by Gasteiger charge is -2.13. The van der Waals surface area contributed by atoms with Gasteiger partial charge in [-0.15, -0.1) is 0 Å². The highest BCUT2D eigenvalue weighted by Crippen LogP contribution is 2.45. The van der Waals surface area contributed by atoms with Crippen LogP contribution in [0.25, 0.3) is 22.8 Å². The van der Waals surface area contributed by atoms with E-state index in [-0.39, 0.29) is 53.0 Å². The Balaban J connectivity index is 1.43. The van der Waals surface area contributed by atoms with Gasteiger partial charge in [-0.05, 0) is 30.5 Å². The van der Waals surface area contributed by atoms with Crippen LogP contribution in [0.4, 0.5) is 17.6 Å². The molecule has 202 valence electrons. The standard InChI is InChI=1S/C26H22F4N6O3/c1-13(37)18-9-20(35-23(33-18)21-22(15-5-6-15)31-12-32-25(21)38-3)39-11-14-4-7-16(17(27)8-14)24-34-19(10-36(24)2)26(28,29)30/h4,7-10,12,15H,5-6,11H2,1-3H3. The number of nitrogens with zero attached hydrogens (tertiary/aromatic N) is 6. The van der Waals surface area contributed by atoms with Crippen molar-refractivity contribution in [3.63, 3.8) is 0 Å². The maximum Gasteiger partial charge on any atom is 0.434 e. The number of aromatic nitrogens is 6. The number of carbonyl (C=O) groups is 1. The molecule has 1 saturated carbocycles. The lowest BCUT2D eigenvalue weighted by Crippen LogP contribution is -2.08. The van der Waals surface area contributed by atoms with Crippen molar-refractivity contribution in [1.82, 2.24) is 29.5 Å². The number of aryl methyl sites for hydroxylation is 1. The number of ether oxygens (including phenoxy) is 2. The number of benzene rings is 1. The molecule has 0 spiro atoms. The normalized spacial score (nSPS) is 13.4. The molecule has 0 atom stereocenters. The summed E-state index contributed by atoms with van der Waals surface area (Å²) in [6, 6.07) is 5.35. The average Bonchev–Trinajstić information content (AvgIpc) is 3.67. The van der Waals surface area contributed by atoms with Crippen molar-refractivity contribution in [2.75, 3.05) is 7.11 Å². The number of carbonyl (C=O) groups excluding carboxylic acids is 1. The van der Waals surface area contributed by atoms with Gasteiger partial charge in [0.15, 0.2) is 17.3 Å². The van der Waals surface area contributed by atoms with E-state index in [0.717, 1.165) is 29.7 Å². The summed E-state index contributed by atoms with van der Waals surface area (Å²) in [7, 11) is 2.82. The van der Waals surface area contributed by atoms with Gasteiger partial charge in [-0.3, -0.25) is 4.79 Å². The Bertz CT molecular complexity index is 1570. The van der Waals surface area contributed by atoms with Gasteiger partial charge >= 0.3 is 6.18 Å². The smallest absolute Gasteiger partial charge is 0.434 e. The fraction of sp³-hybridized carbons (Fsp3) is 0.308. The zero-order valence-corrected chi connectivity index (χ0v) is 21.1. The van der Waals surface area contributed by atoms with Gasteiger partial charge in [0.2, 0.25) is 11.8 Å². The van der Waals surface area contributed by atoms with E-state index in [1.807, 2.05) is 0 Å². The van der Waals surface area contributed by atoms with Gasteiger partial charge in [0.1, 0.15) is 35.8 Å². The van der Waals surface area contributed by atoms with Gasteiger partial charge in [-0.2, -0.15) is 18.2 Å². The molecule has 39 heavy (non-hydrogen) atoms.